The molecule has 0 bridgehead atoms. The quantitative estimate of drug-likeness (QED) is 0.830. The molecule has 5 nitrogen and oxygen atoms in total. The molecule has 0 spiro atoms. The van der Waals surface area contributed by atoms with Crippen LogP contribution in [0.1, 0.15) is 52.1 Å². The van der Waals surface area contributed by atoms with Crippen LogP contribution in [0.2, 0.25) is 10.0 Å². The van der Waals surface area contributed by atoms with Gasteiger partial charge in [-0.05, 0) is 24.6 Å². The van der Waals surface area contributed by atoms with Gasteiger partial charge in [0.1, 0.15) is 11.3 Å². The maximum atomic E-state index is 12.6. The second-order valence-corrected chi connectivity index (χ2v) is 6.19. The Morgan fingerprint density at radius 3 is 2.42 bits per heavy atom. The molecule has 0 radical (unpaired) electrons. The fraction of sp³-hybridized carbons (Fsp3) is 0.294. The van der Waals surface area contributed by atoms with Crippen LogP contribution in [-0.4, -0.2) is 28.9 Å². The maximum absolute atomic E-state index is 12.6. The van der Waals surface area contributed by atoms with E-state index in [4.69, 9.17) is 32.7 Å². The van der Waals surface area contributed by atoms with Crippen molar-refractivity contribution in [2.45, 2.75) is 26.3 Å². The Balaban J connectivity index is 2.28. The second kappa shape index (κ2) is 7.28. The van der Waals surface area contributed by atoms with E-state index in [1.54, 1.807) is 32.2 Å². The molecule has 1 N–H and O–H groups in total. The Morgan fingerprint density at radius 1 is 1.25 bits per heavy atom. The number of benzene rings is 1. The van der Waals surface area contributed by atoms with Crippen LogP contribution in [0, 0.1) is 0 Å². The molecule has 24 heavy (non-hydrogen) atoms. The van der Waals surface area contributed by atoms with Crippen LogP contribution < -0.4 is 0 Å². The minimum atomic E-state index is -1.12. The van der Waals surface area contributed by atoms with E-state index in [1.165, 1.54) is 11.0 Å². The van der Waals surface area contributed by atoms with Crippen LogP contribution in [0.5, 0.6) is 0 Å². The minimum Gasteiger partial charge on any atom is -0.478 e. The summed E-state index contributed by atoms with van der Waals surface area (Å²) in [4.78, 5) is 25.3. The first-order chi connectivity index (χ1) is 11.3. The van der Waals surface area contributed by atoms with Crippen LogP contribution in [0.4, 0.5) is 0 Å². The Bertz CT molecular complexity index is 785. The summed E-state index contributed by atoms with van der Waals surface area (Å²) in [6.45, 7) is 3.60. The number of hydrogen-bond donors (Lipinski definition) is 1. The Labute approximate surface area is 149 Å². The molecule has 0 aliphatic carbocycles. The van der Waals surface area contributed by atoms with E-state index in [9.17, 15) is 9.59 Å². The predicted molar refractivity (Wildman–Crippen MR) is 92.0 cm³/mol. The summed E-state index contributed by atoms with van der Waals surface area (Å²) in [7, 11) is 1.62. The lowest BCUT2D eigenvalue weighted by atomic mass is 10.1. The highest BCUT2D eigenvalue weighted by Gasteiger charge is 2.25. The Morgan fingerprint density at radius 2 is 1.92 bits per heavy atom. The monoisotopic (exact) mass is 369 g/mol. The molecule has 7 heteroatoms. The molecule has 1 heterocycles. The van der Waals surface area contributed by atoms with Crippen LogP contribution in [0.3, 0.4) is 0 Å². The number of aromatic carboxylic acids is 1. The van der Waals surface area contributed by atoms with Gasteiger partial charge in [0.05, 0.1) is 16.1 Å². The van der Waals surface area contributed by atoms with E-state index in [0.29, 0.717) is 16.5 Å². The van der Waals surface area contributed by atoms with Gasteiger partial charge in [0.15, 0.2) is 5.76 Å². The molecule has 0 aliphatic heterocycles. The fourth-order valence-electron chi connectivity index (χ4n) is 2.32. The zero-order valence-electron chi connectivity index (χ0n) is 13.5. The fourth-order valence-corrected chi connectivity index (χ4v) is 2.63. The molecule has 1 aromatic carbocycles. The topological polar surface area (TPSA) is 70.8 Å². The van der Waals surface area contributed by atoms with E-state index in [0.717, 1.165) is 5.56 Å². The van der Waals surface area contributed by atoms with Crippen LogP contribution in [0.25, 0.3) is 0 Å². The van der Waals surface area contributed by atoms with E-state index < -0.39 is 11.9 Å². The molecule has 0 saturated heterocycles. The number of carbonyl (C=O) groups is 2. The van der Waals surface area contributed by atoms with Crippen molar-refractivity contribution in [3.05, 3.63) is 57.0 Å². The Hall–Kier alpha value is -1.98. The summed E-state index contributed by atoms with van der Waals surface area (Å²) in [5, 5.41) is 10.0. The third-order valence-electron chi connectivity index (χ3n) is 3.90. The highest BCUT2D eigenvalue weighted by molar-refractivity contribution is 6.42. The number of carboxylic acids is 1. The van der Waals surface area contributed by atoms with Gasteiger partial charge in [-0.15, -0.1) is 0 Å². The van der Waals surface area contributed by atoms with Crippen molar-refractivity contribution in [3.8, 4) is 0 Å². The molecule has 1 atom stereocenters. The highest BCUT2D eigenvalue weighted by atomic mass is 35.5. The lowest BCUT2D eigenvalue weighted by molar-refractivity contribution is 0.0689. The second-order valence-electron chi connectivity index (χ2n) is 5.37. The molecular formula is C17H17Cl2NO4. The third kappa shape index (κ3) is 3.57. The number of amides is 1. The average molecular weight is 370 g/mol. The lowest BCUT2D eigenvalue weighted by Gasteiger charge is -2.24. The maximum Gasteiger partial charge on any atom is 0.339 e. The summed E-state index contributed by atoms with van der Waals surface area (Å²) >= 11 is 11.9. The number of rotatable bonds is 5. The number of hydrogen-bond acceptors (Lipinski definition) is 3. The minimum absolute atomic E-state index is 0.00124. The van der Waals surface area contributed by atoms with Crippen molar-refractivity contribution < 1.29 is 19.1 Å². The molecular weight excluding hydrogens is 353 g/mol. The number of nitrogens with zero attached hydrogens (tertiary/aromatic N) is 1. The average Bonchev–Trinajstić information content (AvgIpc) is 3.00. The first-order valence-electron chi connectivity index (χ1n) is 7.34. The third-order valence-corrected chi connectivity index (χ3v) is 4.64. The van der Waals surface area contributed by atoms with Crippen molar-refractivity contribution in [2.75, 3.05) is 7.05 Å². The number of carboxylic acid groups (broad SMARTS) is 1. The van der Waals surface area contributed by atoms with Gasteiger partial charge in [-0.25, -0.2) is 4.79 Å². The van der Waals surface area contributed by atoms with Gasteiger partial charge in [0.2, 0.25) is 0 Å². The van der Waals surface area contributed by atoms with Crippen molar-refractivity contribution in [2.24, 2.45) is 0 Å². The van der Waals surface area contributed by atoms with Crippen molar-refractivity contribution in [1.82, 2.24) is 4.90 Å². The van der Waals surface area contributed by atoms with E-state index >= 15 is 0 Å². The van der Waals surface area contributed by atoms with Gasteiger partial charge in [0.25, 0.3) is 5.91 Å². The van der Waals surface area contributed by atoms with Gasteiger partial charge in [-0.3, -0.25) is 4.79 Å². The van der Waals surface area contributed by atoms with E-state index in [-0.39, 0.29) is 23.1 Å². The molecule has 2 aromatic rings. The standard InChI is InChI=1S/C17H17Cl2NO4/c1-4-14-11(17(22)23)8-15(24-14)16(21)20(3)9(2)10-5-6-12(18)13(19)7-10/h5-9H,4H2,1-3H3,(H,22,23). The van der Waals surface area contributed by atoms with Gasteiger partial charge >= 0.3 is 5.97 Å². The molecule has 1 aromatic heterocycles. The van der Waals surface area contributed by atoms with Crippen LogP contribution >= 0.6 is 23.2 Å². The zero-order chi connectivity index (χ0) is 18.0. The first-order valence-corrected chi connectivity index (χ1v) is 8.10. The summed E-state index contributed by atoms with van der Waals surface area (Å²) in [6.07, 6.45) is 0.390. The largest absolute Gasteiger partial charge is 0.478 e. The summed E-state index contributed by atoms with van der Waals surface area (Å²) in [5.74, 6) is -1.24. The number of aryl methyl sites for hydroxylation is 1. The number of furan rings is 1. The smallest absolute Gasteiger partial charge is 0.339 e. The van der Waals surface area contributed by atoms with Gasteiger partial charge in [-0.2, -0.15) is 0 Å². The predicted octanol–water partition coefficient (Wildman–Crippen LogP) is 4.68. The van der Waals surface area contributed by atoms with Crippen molar-refractivity contribution >= 4 is 35.1 Å². The lowest BCUT2D eigenvalue weighted by Crippen LogP contribution is -2.29. The number of halogens is 2. The summed E-state index contributed by atoms with van der Waals surface area (Å²) in [6, 6.07) is 6.11. The molecule has 0 fully saturated rings. The van der Waals surface area contributed by atoms with Crippen LogP contribution in [-0.2, 0) is 6.42 Å². The molecule has 2 rings (SSSR count). The Kier molecular flexibility index (Phi) is 5.57. The molecule has 1 unspecified atom stereocenters. The van der Waals surface area contributed by atoms with E-state index in [1.807, 2.05) is 6.92 Å². The normalized spacial score (nSPS) is 12.0. The van der Waals surface area contributed by atoms with E-state index in [2.05, 4.69) is 0 Å². The molecule has 128 valence electrons. The van der Waals surface area contributed by atoms with Crippen LogP contribution in [0.15, 0.2) is 28.7 Å². The van der Waals surface area contributed by atoms with Gasteiger partial charge < -0.3 is 14.4 Å². The van der Waals surface area contributed by atoms with Gasteiger partial charge in [0, 0.05) is 19.5 Å². The molecule has 0 aliphatic rings. The summed E-state index contributed by atoms with van der Waals surface area (Å²) in [5.41, 5.74) is 0.817. The molecule has 1 amide bonds. The SMILES string of the molecule is CCc1oc(C(=O)N(C)C(C)c2ccc(Cl)c(Cl)c2)cc1C(=O)O. The van der Waals surface area contributed by atoms with Crippen molar-refractivity contribution in [3.63, 3.8) is 0 Å². The molecule has 0 saturated carbocycles. The van der Waals surface area contributed by atoms with Gasteiger partial charge in [-0.1, -0.05) is 36.2 Å². The van der Waals surface area contributed by atoms with Crippen molar-refractivity contribution in [1.29, 1.82) is 0 Å². The number of carbonyl (C=O) groups excluding carboxylic acids is 1. The highest BCUT2D eigenvalue weighted by Crippen LogP contribution is 2.29. The summed E-state index contributed by atoms with van der Waals surface area (Å²) < 4.78 is 5.42. The zero-order valence-corrected chi connectivity index (χ0v) is 15.0. The first kappa shape index (κ1) is 18.4.